The molecule has 0 saturated carbocycles. The molecule has 4 rings (SSSR count). The van der Waals surface area contributed by atoms with Crippen LogP contribution >= 0.6 is 47.2 Å². The van der Waals surface area contributed by atoms with Crippen LogP contribution in [-0.4, -0.2) is 22.4 Å². The smallest absolute Gasteiger partial charge is 0.270 e. The van der Waals surface area contributed by atoms with Gasteiger partial charge in [-0.25, -0.2) is 0 Å². The molecule has 1 aliphatic rings. The number of carbonyl (C=O) groups is 1. The van der Waals surface area contributed by atoms with Gasteiger partial charge in [0.05, 0.1) is 28.4 Å². The Morgan fingerprint density at radius 2 is 1.82 bits per heavy atom. The van der Waals surface area contributed by atoms with Gasteiger partial charge in [-0.1, -0.05) is 47.2 Å². The number of aromatic hydroxyl groups is 1. The first-order valence-electron chi connectivity index (χ1n) is 9.47. The average molecular weight is 516 g/mol. The fourth-order valence-electron chi connectivity index (χ4n) is 2.96. The van der Waals surface area contributed by atoms with Gasteiger partial charge in [0, 0.05) is 10.6 Å². The highest BCUT2D eigenvalue weighted by Gasteiger charge is 2.33. The zero-order chi connectivity index (χ0) is 23.5. The molecule has 6 nitrogen and oxygen atoms in total. The molecule has 3 aromatic carbocycles. The minimum atomic E-state index is -0.283. The van der Waals surface area contributed by atoms with Crippen LogP contribution in [0.3, 0.4) is 0 Å². The van der Waals surface area contributed by atoms with Gasteiger partial charge in [-0.3, -0.25) is 9.69 Å². The summed E-state index contributed by atoms with van der Waals surface area (Å²) in [7, 11) is 1.57. The number of methoxy groups -OCH3 is 1. The average Bonchev–Trinajstić information content (AvgIpc) is 3.08. The van der Waals surface area contributed by atoms with Crippen LogP contribution in [0.15, 0.2) is 75.8 Å². The van der Waals surface area contributed by atoms with Gasteiger partial charge in [-0.05, 0) is 66.7 Å². The van der Waals surface area contributed by atoms with Gasteiger partial charge < -0.3 is 9.84 Å². The Kier molecular flexibility index (Phi) is 6.99. The Hall–Kier alpha value is -2.91. The number of rotatable bonds is 5. The Morgan fingerprint density at radius 1 is 1.06 bits per heavy atom. The van der Waals surface area contributed by atoms with Crippen molar-refractivity contribution in [2.24, 2.45) is 10.2 Å². The molecule has 1 heterocycles. The second kappa shape index (κ2) is 9.93. The summed E-state index contributed by atoms with van der Waals surface area (Å²) in [6.07, 6.45) is 1.58. The molecule has 0 aromatic heterocycles. The number of nitrogens with zero attached hydrogens (tertiary/aromatic N) is 3. The van der Waals surface area contributed by atoms with E-state index < -0.39 is 0 Å². The second-order valence-corrected chi connectivity index (χ2v) is 9.27. The van der Waals surface area contributed by atoms with Gasteiger partial charge in [0.2, 0.25) is 0 Å². The second-order valence-electron chi connectivity index (χ2n) is 6.75. The van der Waals surface area contributed by atoms with Gasteiger partial charge in [0.15, 0.2) is 4.32 Å². The number of anilines is 1. The topological polar surface area (TPSA) is 74.5 Å². The molecule has 0 radical (unpaired) electrons. The molecule has 3 aromatic rings. The first-order chi connectivity index (χ1) is 15.9. The number of phenolic OH excluding ortho intramolecular Hbond substituents is 1. The number of hydrogen-bond donors (Lipinski definition) is 1. The van der Waals surface area contributed by atoms with Crippen LogP contribution in [0.25, 0.3) is 6.08 Å². The molecule has 0 atom stereocenters. The standard InChI is InChI=1S/C23H15Cl2N3O3S2/c1-31-17-6-4-16(5-7-17)28-22(30)21(33-23(28)32)11-13-10-15(3-9-20(13)29)26-27-19-8-2-14(24)12-18(19)25/h2-12,29H,1H3/b21-11+,27-26?. The maximum absolute atomic E-state index is 13.0. The third-order valence-electron chi connectivity index (χ3n) is 4.60. The molecule has 33 heavy (non-hydrogen) atoms. The summed E-state index contributed by atoms with van der Waals surface area (Å²) in [5.41, 5.74) is 1.96. The van der Waals surface area contributed by atoms with Crippen molar-refractivity contribution in [1.29, 1.82) is 0 Å². The zero-order valence-electron chi connectivity index (χ0n) is 17.0. The van der Waals surface area contributed by atoms with Crippen molar-refractivity contribution in [2.45, 2.75) is 0 Å². The molecule has 1 amide bonds. The molecule has 1 saturated heterocycles. The fourth-order valence-corrected chi connectivity index (χ4v) is 4.69. The third-order valence-corrected chi connectivity index (χ3v) is 6.44. The monoisotopic (exact) mass is 515 g/mol. The van der Waals surface area contributed by atoms with E-state index in [0.717, 1.165) is 11.8 Å². The van der Waals surface area contributed by atoms with Crippen molar-refractivity contribution in [3.05, 3.63) is 81.2 Å². The highest BCUT2D eigenvalue weighted by Crippen LogP contribution is 2.38. The van der Waals surface area contributed by atoms with E-state index in [-0.39, 0.29) is 11.7 Å². The van der Waals surface area contributed by atoms with Gasteiger partial charge in [-0.2, -0.15) is 5.11 Å². The van der Waals surface area contributed by atoms with Crippen LogP contribution in [0.1, 0.15) is 5.56 Å². The van der Waals surface area contributed by atoms with Crippen LogP contribution in [0, 0.1) is 0 Å². The van der Waals surface area contributed by atoms with Gasteiger partial charge in [-0.15, -0.1) is 5.11 Å². The number of thiocarbonyl (C=S) groups is 1. The fraction of sp³-hybridized carbons (Fsp3) is 0.0435. The summed E-state index contributed by atoms with van der Waals surface area (Å²) in [5.74, 6) is 0.387. The number of benzene rings is 3. The normalized spacial score (nSPS) is 15.1. The molecule has 1 fully saturated rings. The number of thioether (sulfide) groups is 1. The number of halogens is 2. The molecule has 1 N–H and O–H groups in total. The number of hydrogen-bond acceptors (Lipinski definition) is 7. The zero-order valence-corrected chi connectivity index (χ0v) is 20.2. The van der Waals surface area contributed by atoms with Crippen molar-refractivity contribution < 1.29 is 14.6 Å². The van der Waals surface area contributed by atoms with Crippen LogP contribution in [0.4, 0.5) is 17.1 Å². The summed E-state index contributed by atoms with van der Waals surface area (Å²) in [5, 5.41) is 19.5. The number of carbonyl (C=O) groups excluding carboxylic acids is 1. The van der Waals surface area contributed by atoms with Crippen molar-refractivity contribution in [3.8, 4) is 11.5 Å². The maximum atomic E-state index is 13.0. The number of amides is 1. The van der Waals surface area contributed by atoms with Crippen molar-refractivity contribution >= 4 is 80.5 Å². The van der Waals surface area contributed by atoms with E-state index >= 15 is 0 Å². The van der Waals surface area contributed by atoms with Crippen LogP contribution < -0.4 is 9.64 Å². The van der Waals surface area contributed by atoms with Crippen molar-refractivity contribution in [3.63, 3.8) is 0 Å². The van der Waals surface area contributed by atoms with E-state index in [9.17, 15) is 9.90 Å². The predicted octanol–water partition coefficient (Wildman–Crippen LogP) is 7.53. The van der Waals surface area contributed by atoms with Crippen LogP contribution in [0.2, 0.25) is 10.0 Å². The molecule has 1 aliphatic heterocycles. The van der Waals surface area contributed by atoms with Crippen molar-refractivity contribution in [2.75, 3.05) is 12.0 Å². The Balaban J connectivity index is 1.60. The molecule has 0 bridgehead atoms. The molecule has 166 valence electrons. The number of ether oxygens (including phenoxy) is 1. The molecule has 0 spiro atoms. The van der Waals surface area contributed by atoms with Crippen LogP contribution in [-0.2, 0) is 4.79 Å². The predicted molar refractivity (Wildman–Crippen MR) is 137 cm³/mol. The molecular weight excluding hydrogens is 501 g/mol. The lowest BCUT2D eigenvalue weighted by atomic mass is 10.1. The highest BCUT2D eigenvalue weighted by atomic mass is 35.5. The lowest BCUT2D eigenvalue weighted by molar-refractivity contribution is -0.113. The molecular formula is C23H15Cl2N3O3S2. The first-order valence-corrected chi connectivity index (χ1v) is 11.5. The molecule has 0 unspecified atom stereocenters. The van der Waals surface area contributed by atoms with E-state index in [1.54, 1.807) is 67.8 Å². The van der Waals surface area contributed by atoms with Gasteiger partial charge >= 0.3 is 0 Å². The highest BCUT2D eigenvalue weighted by molar-refractivity contribution is 8.27. The quantitative estimate of drug-likeness (QED) is 0.216. The Labute approximate surface area is 209 Å². The van der Waals surface area contributed by atoms with E-state index in [4.69, 9.17) is 40.2 Å². The Morgan fingerprint density at radius 3 is 2.52 bits per heavy atom. The SMILES string of the molecule is COc1ccc(N2C(=O)/C(=C\c3cc(N=Nc4ccc(Cl)cc4Cl)ccc3O)SC2=S)cc1. The number of phenols is 1. The minimum absolute atomic E-state index is 0.00630. The first kappa shape index (κ1) is 23.3. The number of azo groups is 1. The lowest BCUT2D eigenvalue weighted by Gasteiger charge is -2.14. The summed E-state index contributed by atoms with van der Waals surface area (Å²) in [6.45, 7) is 0. The van der Waals surface area contributed by atoms with E-state index in [1.165, 1.54) is 11.0 Å². The lowest BCUT2D eigenvalue weighted by Crippen LogP contribution is -2.27. The summed E-state index contributed by atoms with van der Waals surface area (Å²) in [4.78, 5) is 14.8. The summed E-state index contributed by atoms with van der Waals surface area (Å²) >= 11 is 18.6. The summed E-state index contributed by atoms with van der Waals surface area (Å²) < 4.78 is 5.55. The van der Waals surface area contributed by atoms with Gasteiger partial charge in [0.1, 0.15) is 17.2 Å². The van der Waals surface area contributed by atoms with E-state index in [1.807, 2.05) is 0 Å². The van der Waals surface area contributed by atoms with Gasteiger partial charge in [0.25, 0.3) is 5.91 Å². The minimum Gasteiger partial charge on any atom is -0.507 e. The molecule has 0 aliphatic carbocycles. The third kappa shape index (κ3) is 5.20. The molecule has 10 heteroatoms. The Bertz CT molecular complexity index is 1310. The summed E-state index contributed by atoms with van der Waals surface area (Å²) in [6, 6.07) is 16.6. The van der Waals surface area contributed by atoms with E-state index in [2.05, 4.69) is 10.2 Å². The van der Waals surface area contributed by atoms with E-state index in [0.29, 0.717) is 47.6 Å². The van der Waals surface area contributed by atoms with Crippen LogP contribution in [0.5, 0.6) is 11.5 Å². The van der Waals surface area contributed by atoms with Crippen molar-refractivity contribution in [1.82, 2.24) is 0 Å². The maximum Gasteiger partial charge on any atom is 0.270 e. The largest absolute Gasteiger partial charge is 0.507 e.